The molecule has 6 heteroatoms. The molecule has 1 aromatic rings. The van der Waals surface area contributed by atoms with Gasteiger partial charge in [0, 0.05) is 38.3 Å². The number of hydrogen-bond donors (Lipinski definition) is 0. The summed E-state index contributed by atoms with van der Waals surface area (Å²) in [5, 5.41) is 0. The van der Waals surface area contributed by atoms with Crippen molar-refractivity contribution >= 4 is 5.91 Å². The molecular weight excluding hydrogens is 344 g/mol. The number of hydrogen-bond acceptors (Lipinski definition) is 5. The van der Waals surface area contributed by atoms with E-state index in [4.69, 9.17) is 14.2 Å². The maximum absolute atomic E-state index is 12.9. The summed E-state index contributed by atoms with van der Waals surface area (Å²) in [5.74, 6) is 1.32. The summed E-state index contributed by atoms with van der Waals surface area (Å²) >= 11 is 0. The summed E-state index contributed by atoms with van der Waals surface area (Å²) in [7, 11) is 3.47. The Morgan fingerprint density at radius 3 is 2.56 bits per heavy atom. The van der Waals surface area contributed by atoms with Crippen LogP contribution >= 0.6 is 0 Å². The Morgan fingerprint density at radius 1 is 1.22 bits per heavy atom. The lowest BCUT2D eigenvalue weighted by Gasteiger charge is -2.34. The third kappa shape index (κ3) is 4.74. The largest absolute Gasteiger partial charge is 0.493 e. The van der Waals surface area contributed by atoms with Crippen LogP contribution in [0.5, 0.6) is 11.5 Å². The fourth-order valence-electron chi connectivity index (χ4n) is 3.79. The SMILES string of the molecule is COc1ccc(C(=O)N(C)[C@@H]2CCOC2)cc1OC1CCN(C(C)C)CC1. The molecule has 0 spiro atoms. The van der Waals surface area contributed by atoms with Gasteiger partial charge in [0.05, 0.1) is 19.8 Å². The van der Waals surface area contributed by atoms with Gasteiger partial charge in [-0.15, -0.1) is 0 Å². The smallest absolute Gasteiger partial charge is 0.254 e. The van der Waals surface area contributed by atoms with Gasteiger partial charge in [-0.2, -0.15) is 0 Å². The number of methoxy groups -OCH3 is 1. The lowest BCUT2D eigenvalue weighted by atomic mass is 10.1. The van der Waals surface area contributed by atoms with Crippen molar-refractivity contribution in [2.45, 2.75) is 51.3 Å². The van der Waals surface area contributed by atoms with Gasteiger partial charge in [-0.3, -0.25) is 4.79 Å². The Balaban J connectivity index is 1.69. The molecule has 6 nitrogen and oxygen atoms in total. The van der Waals surface area contributed by atoms with Crippen LogP contribution in [0.4, 0.5) is 0 Å². The highest BCUT2D eigenvalue weighted by Crippen LogP contribution is 2.31. The normalized spacial score (nSPS) is 21.4. The minimum Gasteiger partial charge on any atom is -0.493 e. The van der Waals surface area contributed by atoms with Gasteiger partial charge in [-0.25, -0.2) is 0 Å². The molecule has 0 aliphatic carbocycles. The zero-order valence-corrected chi connectivity index (χ0v) is 16.9. The number of carbonyl (C=O) groups excluding carboxylic acids is 1. The van der Waals surface area contributed by atoms with Crippen molar-refractivity contribution in [2.75, 3.05) is 40.5 Å². The maximum Gasteiger partial charge on any atom is 0.254 e. The standard InChI is InChI=1S/C21H32N2O4/c1-15(2)23-10-7-18(8-11-23)27-20-13-16(5-6-19(20)25-4)21(24)22(3)17-9-12-26-14-17/h5-6,13,15,17-18H,7-12,14H2,1-4H3/t17-/m1/s1. The van der Waals surface area contributed by atoms with Gasteiger partial charge >= 0.3 is 0 Å². The van der Waals surface area contributed by atoms with E-state index in [2.05, 4.69) is 18.7 Å². The number of carbonyl (C=O) groups is 1. The number of ether oxygens (including phenoxy) is 3. The second-order valence-corrected chi connectivity index (χ2v) is 7.75. The number of piperidine rings is 1. The summed E-state index contributed by atoms with van der Waals surface area (Å²) in [4.78, 5) is 17.1. The first-order chi connectivity index (χ1) is 13.0. The van der Waals surface area contributed by atoms with E-state index in [0.717, 1.165) is 32.4 Å². The van der Waals surface area contributed by atoms with Crippen LogP contribution in [0.2, 0.25) is 0 Å². The van der Waals surface area contributed by atoms with Crippen molar-refractivity contribution in [2.24, 2.45) is 0 Å². The number of nitrogens with zero attached hydrogens (tertiary/aromatic N) is 2. The van der Waals surface area contributed by atoms with Crippen LogP contribution in [0, 0.1) is 0 Å². The number of likely N-dealkylation sites (tertiary alicyclic amines) is 1. The van der Waals surface area contributed by atoms with Crippen molar-refractivity contribution in [3.8, 4) is 11.5 Å². The van der Waals surface area contributed by atoms with Gasteiger partial charge in [0.2, 0.25) is 0 Å². The lowest BCUT2D eigenvalue weighted by molar-refractivity contribution is 0.0706. The van der Waals surface area contributed by atoms with Gasteiger partial charge in [0.25, 0.3) is 5.91 Å². The molecule has 1 aromatic carbocycles. The van der Waals surface area contributed by atoms with Crippen molar-refractivity contribution in [3.05, 3.63) is 23.8 Å². The van der Waals surface area contributed by atoms with E-state index in [-0.39, 0.29) is 18.1 Å². The zero-order chi connectivity index (χ0) is 19.4. The molecule has 1 atom stereocenters. The number of benzene rings is 1. The molecule has 0 saturated carbocycles. The predicted molar refractivity (Wildman–Crippen MR) is 105 cm³/mol. The predicted octanol–water partition coefficient (Wildman–Crippen LogP) is 2.81. The van der Waals surface area contributed by atoms with E-state index in [1.807, 2.05) is 25.2 Å². The number of likely N-dealkylation sites (N-methyl/N-ethyl adjacent to an activating group) is 1. The van der Waals surface area contributed by atoms with E-state index < -0.39 is 0 Å². The zero-order valence-electron chi connectivity index (χ0n) is 16.9. The molecule has 2 saturated heterocycles. The summed E-state index contributed by atoms with van der Waals surface area (Å²) in [6.45, 7) is 7.85. The Kier molecular flexibility index (Phi) is 6.60. The third-order valence-electron chi connectivity index (χ3n) is 5.68. The van der Waals surface area contributed by atoms with Gasteiger partial charge in [-0.1, -0.05) is 0 Å². The number of amides is 1. The van der Waals surface area contributed by atoms with Crippen LogP contribution in [-0.4, -0.2) is 74.4 Å². The van der Waals surface area contributed by atoms with E-state index in [1.165, 1.54) is 0 Å². The summed E-state index contributed by atoms with van der Waals surface area (Å²) < 4.78 is 17.1. The number of rotatable bonds is 6. The van der Waals surface area contributed by atoms with Gasteiger partial charge < -0.3 is 24.0 Å². The monoisotopic (exact) mass is 376 g/mol. The highest BCUT2D eigenvalue weighted by molar-refractivity contribution is 5.95. The Labute approximate surface area is 162 Å². The topological polar surface area (TPSA) is 51.2 Å². The molecule has 0 radical (unpaired) electrons. The molecule has 2 fully saturated rings. The second-order valence-electron chi connectivity index (χ2n) is 7.75. The molecule has 27 heavy (non-hydrogen) atoms. The maximum atomic E-state index is 12.9. The van der Waals surface area contributed by atoms with Crippen molar-refractivity contribution in [1.82, 2.24) is 9.80 Å². The van der Waals surface area contributed by atoms with Gasteiger partial charge in [0.15, 0.2) is 11.5 Å². The van der Waals surface area contributed by atoms with Crippen LogP contribution < -0.4 is 9.47 Å². The minimum absolute atomic E-state index is 0.00682. The highest BCUT2D eigenvalue weighted by Gasteiger charge is 2.27. The van der Waals surface area contributed by atoms with Gasteiger partial charge in [0.1, 0.15) is 6.10 Å². The van der Waals surface area contributed by atoms with Crippen LogP contribution in [0.15, 0.2) is 18.2 Å². The molecule has 1 amide bonds. The summed E-state index contributed by atoms with van der Waals surface area (Å²) in [6.07, 6.45) is 3.01. The summed E-state index contributed by atoms with van der Waals surface area (Å²) in [5.41, 5.74) is 0.625. The molecular formula is C21H32N2O4. The van der Waals surface area contributed by atoms with Crippen LogP contribution in [0.25, 0.3) is 0 Å². The van der Waals surface area contributed by atoms with E-state index in [1.54, 1.807) is 12.0 Å². The minimum atomic E-state index is -0.00682. The van der Waals surface area contributed by atoms with E-state index in [0.29, 0.717) is 36.3 Å². The van der Waals surface area contributed by atoms with Crippen molar-refractivity contribution < 1.29 is 19.0 Å². The molecule has 0 bridgehead atoms. The first-order valence-corrected chi connectivity index (χ1v) is 9.93. The van der Waals surface area contributed by atoms with Gasteiger partial charge in [-0.05, 0) is 51.3 Å². The van der Waals surface area contributed by atoms with Crippen molar-refractivity contribution in [1.29, 1.82) is 0 Å². The molecule has 2 aliphatic heterocycles. The van der Waals surface area contributed by atoms with Crippen molar-refractivity contribution in [3.63, 3.8) is 0 Å². The van der Waals surface area contributed by atoms with E-state index >= 15 is 0 Å². The van der Waals surface area contributed by atoms with E-state index in [9.17, 15) is 4.79 Å². The molecule has 0 N–H and O–H groups in total. The van der Waals surface area contributed by atoms with Crippen LogP contribution in [-0.2, 0) is 4.74 Å². The fourth-order valence-corrected chi connectivity index (χ4v) is 3.79. The first-order valence-electron chi connectivity index (χ1n) is 9.93. The molecule has 0 unspecified atom stereocenters. The average molecular weight is 376 g/mol. The van der Waals surface area contributed by atoms with Crippen LogP contribution in [0.3, 0.4) is 0 Å². The lowest BCUT2D eigenvalue weighted by Crippen LogP contribution is -2.41. The Hall–Kier alpha value is -1.79. The van der Waals surface area contributed by atoms with Crippen LogP contribution in [0.1, 0.15) is 43.5 Å². The fraction of sp³-hybridized carbons (Fsp3) is 0.667. The molecule has 150 valence electrons. The molecule has 3 rings (SSSR count). The Morgan fingerprint density at radius 2 is 1.96 bits per heavy atom. The summed E-state index contributed by atoms with van der Waals surface area (Å²) in [6, 6.07) is 6.16. The third-order valence-corrected chi connectivity index (χ3v) is 5.68. The first kappa shape index (κ1) is 20.0. The molecule has 2 aliphatic rings. The second kappa shape index (κ2) is 8.93. The average Bonchev–Trinajstić information content (AvgIpc) is 3.22. The Bertz CT molecular complexity index is 635. The molecule has 0 aromatic heterocycles. The molecule has 2 heterocycles. The quantitative estimate of drug-likeness (QED) is 0.764. The highest BCUT2D eigenvalue weighted by atomic mass is 16.5.